The molecular formula is C18H18N2O4. The number of carbonyl (C=O) groups is 2. The first-order valence-electron chi connectivity index (χ1n) is 7.72. The van der Waals surface area contributed by atoms with Crippen LogP contribution in [-0.4, -0.2) is 43.0 Å². The first kappa shape index (κ1) is 16.0. The largest absolute Gasteiger partial charge is 0.465 e. The maximum Gasteiger partial charge on any atom is 0.256 e. The summed E-state index contributed by atoms with van der Waals surface area (Å²) in [7, 11) is 0. The molecule has 1 N–H and O–H groups in total. The molecular weight excluding hydrogens is 308 g/mol. The molecule has 0 unspecified atom stereocenters. The number of furan rings is 1. The summed E-state index contributed by atoms with van der Waals surface area (Å²) < 4.78 is 10.4. The molecule has 24 heavy (non-hydrogen) atoms. The maximum absolute atomic E-state index is 12.6. The normalized spacial score (nSPS) is 14.8. The number of morpholine rings is 1. The summed E-state index contributed by atoms with van der Waals surface area (Å²) in [5.74, 6) is 0.153. The van der Waals surface area contributed by atoms with Crippen LogP contribution in [0.25, 0.3) is 6.08 Å². The number of ether oxygens (including phenoxy) is 1. The average molecular weight is 326 g/mol. The van der Waals surface area contributed by atoms with Gasteiger partial charge >= 0.3 is 0 Å². The van der Waals surface area contributed by atoms with E-state index in [9.17, 15) is 9.59 Å². The number of anilines is 1. The van der Waals surface area contributed by atoms with Gasteiger partial charge in [0.05, 0.1) is 30.7 Å². The van der Waals surface area contributed by atoms with Gasteiger partial charge in [-0.05, 0) is 30.3 Å². The quantitative estimate of drug-likeness (QED) is 0.876. The van der Waals surface area contributed by atoms with Crippen molar-refractivity contribution in [3.63, 3.8) is 0 Å². The number of hydrogen-bond donors (Lipinski definition) is 1. The van der Waals surface area contributed by atoms with Crippen LogP contribution in [0.3, 0.4) is 0 Å². The van der Waals surface area contributed by atoms with Gasteiger partial charge in [0.25, 0.3) is 5.91 Å². The fraction of sp³-hybridized carbons (Fsp3) is 0.222. The van der Waals surface area contributed by atoms with E-state index in [0.29, 0.717) is 43.3 Å². The van der Waals surface area contributed by atoms with Crippen molar-refractivity contribution >= 4 is 23.6 Å². The summed E-state index contributed by atoms with van der Waals surface area (Å²) >= 11 is 0. The maximum atomic E-state index is 12.6. The monoisotopic (exact) mass is 326 g/mol. The zero-order valence-electron chi connectivity index (χ0n) is 13.1. The third-order valence-corrected chi connectivity index (χ3v) is 3.66. The Morgan fingerprint density at radius 2 is 1.88 bits per heavy atom. The molecule has 6 nitrogen and oxygen atoms in total. The minimum absolute atomic E-state index is 0.107. The van der Waals surface area contributed by atoms with Crippen LogP contribution >= 0.6 is 0 Å². The number of nitrogens with one attached hydrogen (secondary N) is 1. The van der Waals surface area contributed by atoms with Crippen LogP contribution in [0.4, 0.5) is 5.69 Å². The summed E-state index contributed by atoms with van der Waals surface area (Å²) in [4.78, 5) is 26.4. The molecule has 0 atom stereocenters. The Balaban J connectivity index is 1.71. The fourth-order valence-corrected chi connectivity index (χ4v) is 2.43. The van der Waals surface area contributed by atoms with E-state index in [1.54, 1.807) is 47.4 Å². The smallest absolute Gasteiger partial charge is 0.256 e. The summed E-state index contributed by atoms with van der Waals surface area (Å²) in [6, 6.07) is 10.5. The Hall–Kier alpha value is -2.86. The van der Waals surface area contributed by atoms with E-state index in [1.807, 2.05) is 0 Å². The van der Waals surface area contributed by atoms with Crippen molar-refractivity contribution in [2.75, 3.05) is 31.6 Å². The van der Waals surface area contributed by atoms with Gasteiger partial charge in [0.1, 0.15) is 5.76 Å². The highest BCUT2D eigenvalue weighted by Gasteiger charge is 2.21. The van der Waals surface area contributed by atoms with Crippen molar-refractivity contribution < 1.29 is 18.7 Å². The molecule has 1 aromatic carbocycles. The van der Waals surface area contributed by atoms with E-state index in [1.165, 1.54) is 12.3 Å². The molecule has 2 heterocycles. The van der Waals surface area contributed by atoms with Gasteiger partial charge < -0.3 is 19.4 Å². The van der Waals surface area contributed by atoms with Crippen LogP contribution in [-0.2, 0) is 9.53 Å². The zero-order valence-corrected chi connectivity index (χ0v) is 13.1. The van der Waals surface area contributed by atoms with Crippen LogP contribution in [0.15, 0.2) is 53.2 Å². The lowest BCUT2D eigenvalue weighted by atomic mass is 10.1. The lowest BCUT2D eigenvalue weighted by Gasteiger charge is -2.27. The van der Waals surface area contributed by atoms with Crippen molar-refractivity contribution in [1.29, 1.82) is 0 Å². The Kier molecular flexibility index (Phi) is 5.08. The topological polar surface area (TPSA) is 71.8 Å². The van der Waals surface area contributed by atoms with Crippen LogP contribution in [0.2, 0.25) is 0 Å². The number of para-hydroxylation sites is 1. The molecule has 2 amide bonds. The van der Waals surface area contributed by atoms with Gasteiger partial charge in [-0.2, -0.15) is 0 Å². The summed E-state index contributed by atoms with van der Waals surface area (Å²) in [6.45, 7) is 2.18. The average Bonchev–Trinajstić information content (AvgIpc) is 3.14. The molecule has 3 rings (SSSR count). The predicted molar refractivity (Wildman–Crippen MR) is 89.5 cm³/mol. The molecule has 1 fully saturated rings. The number of carbonyl (C=O) groups excluding carboxylic acids is 2. The Morgan fingerprint density at radius 3 is 2.62 bits per heavy atom. The van der Waals surface area contributed by atoms with Crippen LogP contribution in [0, 0.1) is 0 Å². The second-order valence-corrected chi connectivity index (χ2v) is 5.29. The van der Waals surface area contributed by atoms with Crippen molar-refractivity contribution in [3.8, 4) is 0 Å². The number of nitrogens with zero attached hydrogens (tertiary/aromatic N) is 1. The fourth-order valence-electron chi connectivity index (χ4n) is 2.43. The standard InChI is InChI=1S/C18H18N2O4/c21-17(8-7-14-4-3-11-24-14)19-16-6-2-1-5-15(16)18(22)20-9-12-23-13-10-20/h1-8,11H,9-10,12-13H2,(H,19,21)/b8-7+. The van der Waals surface area contributed by atoms with E-state index in [0.717, 1.165) is 0 Å². The van der Waals surface area contributed by atoms with Crippen LogP contribution in [0.1, 0.15) is 16.1 Å². The number of rotatable bonds is 4. The SMILES string of the molecule is O=C(/C=C/c1ccco1)Nc1ccccc1C(=O)N1CCOCC1. The second kappa shape index (κ2) is 7.61. The van der Waals surface area contributed by atoms with Gasteiger partial charge in [-0.3, -0.25) is 9.59 Å². The summed E-state index contributed by atoms with van der Waals surface area (Å²) in [5, 5.41) is 2.75. The number of amides is 2. The number of benzene rings is 1. The van der Waals surface area contributed by atoms with Crippen molar-refractivity contribution in [2.45, 2.75) is 0 Å². The Morgan fingerprint density at radius 1 is 1.08 bits per heavy atom. The van der Waals surface area contributed by atoms with E-state index < -0.39 is 0 Å². The minimum atomic E-state index is -0.325. The lowest BCUT2D eigenvalue weighted by molar-refractivity contribution is -0.111. The van der Waals surface area contributed by atoms with Gasteiger partial charge in [0.2, 0.25) is 5.91 Å². The first-order chi connectivity index (χ1) is 11.7. The van der Waals surface area contributed by atoms with Crippen molar-refractivity contribution in [3.05, 3.63) is 60.1 Å². The molecule has 0 spiro atoms. The summed E-state index contributed by atoms with van der Waals surface area (Å²) in [5.41, 5.74) is 0.960. The summed E-state index contributed by atoms with van der Waals surface area (Å²) in [6.07, 6.45) is 4.48. The predicted octanol–water partition coefficient (Wildman–Crippen LogP) is 2.40. The Labute approximate surface area is 139 Å². The molecule has 2 aromatic rings. The molecule has 1 aromatic heterocycles. The molecule has 1 saturated heterocycles. The van der Waals surface area contributed by atoms with Crippen LogP contribution < -0.4 is 5.32 Å². The second-order valence-electron chi connectivity index (χ2n) is 5.29. The molecule has 0 bridgehead atoms. The molecule has 6 heteroatoms. The Bertz CT molecular complexity index is 731. The van der Waals surface area contributed by atoms with E-state index in [4.69, 9.17) is 9.15 Å². The van der Waals surface area contributed by atoms with E-state index in [2.05, 4.69) is 5.32 Å². The molecule has 1 aliphatic heterocycles. The first-order valence-corrected chi connectivity index (χ1v) is 7.72. The van der Waals surface area contributed by atoms with Gasteiger partial charge in [-0.25, -0.2) is 0 Å². The zero-order chi connectivity index (χ0) is 16.8. The third kappa shape index (κ3) is 3.91. The van der Waals surface area contributed by atoms with Gasteiger partial charge in [0, 0.05) is 19.2 Å². The minimum Gasteiger partial charge on any atom is -0.465 e. The van der Waals surface area contributed by atoms with Gasteiger partial charge in [-0.1, -0.05) is 12.1 Å². The van der Waals surface area contributed by atoms with Crippen molar-refractivity contribution in [2.24, 2.45) is 0 Å². The van der Waals surface area contributed by atoms with E-state index >= 15 is 0 Å². The number of hydrogen-bond acceptors (Lipinski definition) is 4. The molecule has 1 aliphatic rings. The highest BCUT2D eigenvalue weighted by atomic mass is 16.5. The lowest BCUT2D eigenvalue weighted by Crippen LogP contribution is -2.41. The molecule has 0 aliphatic carbocycles. The highest BCUT2D eigenvalue weighted by molar-refractivity contribution is 6.07. The van der Waals surface area contributed by atoms with Crippen molar-refractivity contribution in [1.82, 2.24) is 4.90 Å². The van der Waals surface area contributed by atoms with Gasteiger partial charge in [0.15, 0.2) is 0 Å². The van der Waals surface area contributed by atoms with E-state index in [-0.39, 0.29) is 11.8 Å². The molecule has 0 saturated carbocycles. The molecule has 0 radical (unpaired) electrons. The van der Waals surface area contributed by atoms with Crippen LogP contribution in [0.5, 0.6) is 0 Å². The molecule has 124 valence electrons. The third-order valence-electron chi connectivity index (χ3n) is 3.66. The highest BCUT2D eigenvalue weighted by Crippen LogP contribution is 2.18. The van der Waals surface area contributed by atoms with Gasteiger partial charge in [-0.15, -0.1) is 0 Å².